The summed E-state index contributed by atoms with van der Waals surface area (Å²) < 4.78 is 11.9. The van der Waals surface area contributed by atoms with Crippen LogP contribution in [0, 0.1) is 17.3 Å². The molecular formula is C11H19BO2. The number of hydrogen-bond acceptors (Lipinski definition) is 2. The van der Waals surface area contributed by atoms with Crippen molar-refractivity contribution in [2.45, 2.75) is 52.1 Å². The van der Waals surface area contributed by atoms with Gasteiger partial charge in [-0.15, -0.1) is 0 Å². The molecule has 0 N–H and O–H groups in total. The number of rotatable bonds is 0. The van der Waals surface area contributed by atoms with Gasteiger partial charge in [0, 0.05) is 0 Å². The molecule has 1 saturated heterocycles. The molecule has 14 heavy (non-hydrogen) atoms. The Kier molecular flexibility index (Phi) is 1.57. The van der Waals surface area contributed by atoms with E-state index in [1.54, 1.807) is 0 Å². The van der Waals surface area contributed by atoms with Crippen molar-refractivity contribution < 1.29 is 9.31 Å². The highest BCUT2D eigenvalue weighted by Crippen LogP contribution is 2.65. The summed E-state index contributed by atoms with van der Waals surface area (Å²) in [5.41, 5.74) is 0.469. The molecule has 0 aromatic heterocycles. The second-order valence-electron chi connectivity index (χ2n) is 6.04. The standard InChI is InChI=1S/C11H19BO2/c1-10(2)7-5-8(10)11(3)9(6-7)13-12(4)14-11/h7-9H,5-6H2,1-4H3/t7-,8-,9+,11?/m0/s1. The molecule has 0 spiro atoms. The van der Waals surface area contributed by atoms with Gasteiger partial charge in [-0.25, -0.2) is 0 Å². The Balaban J connectivity index is 1.95. The summed E-state index contributed by atoms with van der Waals surface area (Å²) in [6.07, 6.45) is 2.90. The van der Waals surface area contributed by atoms with Gasteiger partial charge in [-0.2, -0.15) is 0 Å². The van der Waals surface area contributed by atoms with Gasteiger partial charge in [0.1, 0.15) is 0 Å². The van der Waals surface area contributed by atoms with Gasteiger partial charge in [0.25, 0.3) is 0 Å². The monoisotopic (exact) mass is 194 g/mol. The molecule has 1 aliphatic heterocycles. The average molecular weight is 194 g/mol. The Bertz CT molecular complexity index is 278. The van der Waals surface area contributed by atoms with E-state index in [0.717, 1.165) is 5.92 Å². The smallest absolute Gasteiger partial charge is 0.406 e. The zero-order valence-corrected chi connectivity index (χ0v) is 9.54. The van der Waals surface area contributed by atoms with Crippen LogP contribution in [0.1, 0.15) is 33.6 Å². The summed E-state index contributed by atoms with van der Waals surface area (Å²) in [6, 6.07) is 0. The predicted molar refractivity (Wildman–Crippen MR) is 56.0 cm³/mol. The highest BCUT2D eigenvalue weighted by molar-refractivity contribution is 6.43. The van der Waals surface area contributed by atoms with E-state index in [-0.39, 0.29) is 12.7 Å². The topological polar surface area (TPSA) is 18.5 Å². The summed E-state index contributed by atoms with van der Waals surface area (Å²) in [5.74, 6) is 1.56. The lowest BCUT2D eigenvalue weighted by Crippen LogP contribution is -2.65. The maximum atomic E-state index is 6.02. The van der Waals surface area contributed by atoms with Crippen LogP contribution in [0.15, 0.2) is 0 Å². The summed E-state index contributed by atoms with van der Waals surface area (Å²) in [6.45, 7) is 9.05. The summed E-state index contributed by atoms with van der Waals surface area (Å²) >= 11 is 0. The van der Waals surface area contributed by atoms with E-state index >= 15 is 0 Å². The Morgan fingerprint density at radius 1 is 1.21 bits per heavy atom. The van der Waals surface area contributed by atoms with Crippen molar-refractivity contribution in [3.05, 3.63) is 0 Å². The Morgan fingerprint density at radius 3 is 2.57 bits per heavy atom. The van der Waals surface area contributed by atoms with E-state index < -0.39 is 0 Å². The van der Waals surface area contributed by atoms with Crippen LogP contribution in [0.5, 0.6) is 0 Å². The summed E-state index contributed by atoms with van der Waals surface area (Å²) in [7, 11) is 0.000139. The van der Waals surface area contributed by atoms with Crippen molar-refractivity contribution in [3.8, 4) is 0 Å². The van der Waals surface area contributed by atoms with Crippen LogP contribution in [0.25, 0.3) is 0 Å². The molecule has 4 fully saturated rings. The second kappa shape index (κ2) is 2.38. The molecular weight excluding hydrogens is 175 g/mol. The van der Waals surface area contributed by atoms with Crippen LogP contribution in [0.4, 0.5) is 0 Å². The minimum atomic E-state index is -0.00231. The maximum absolute atomic E-state index is 6.02. The fourth-order valence-electron chi connectivity index (χ4n) is 4.07. The third-order valence-corrected chi connectivity index (χ3v) is 5.08. The first-order valence-corrected chi connectivity index (χ1v) is 5.78. The minimum Gasteiger partial charge on any atom is -0.406 e. The average Bonchev–Trinajstić information content (AvgIpc) is 2.37. The Hall–Kier alpha value is -0.0151. The van der Waals surface area contributed by atoms with Crippen molar-refractivity contribution in [1.29, 1.82) is 0 Å². The Labute approximate surface area is 86.5 Å². The van der Waals surface area contributed by atoms with Crippen LogP contribution >= 0.6 is 0 Å². The third-order valence-electron chi connectivity index (χ3n) is 5.08. The predicted octanol–water partition coefficient (Wildman–Crippen LogP) is 2.34. The fourth-order valence-corrected chi connectivity index (χ4v) is 4.07. The highest BCUT2D eigenvalue weighted by Gasteiger charge is 2.67. The lowest BCUT2D eigenvalue weighted by Gasteiger charge is -2.64. The van der Waals surface area contributed by atoms with Crippen molar-refractivity contribution >= 4 is 7.12 Å². The lowest BCUT2D eigenvalue weighted by molar-refractivity contribution is -0.199. The van der Waals surface area contributed by atoms with Gasteiger partial charge < -0.3 is 9.31 Å². The first-order valence-electron chi connectivity index (χ1n) is 5.78. The molecule has 3 aliphatic carbocycles. The van der Waals surface area contributed by atoms with E-state index in [4.69, 9.17) is 9.31 Å². The molecule has 3 heteroatoms. The molecule has 4 atom stereocenters. The van der Waals surface area contributed by atoms with Gasteiger partial charge in [0.15, 0.2) is 0 Å². The molecule has 2 bridgehead atoms. The molecule has 2 nitrogen and oxygen atoms in total. The summed E-state index contributed by atoms with van der Waals surface area (Å²) in [5, 5.41) is 0. The molecule has 0 radical (unpaired) electrons. The highest BCUT2D eigenvalue weighted by atomic mass is 16.7. The molecule has 0 amide bonds. The molecule has 78 valence electrons. The minimum absolute atomic E-state index is 0.000139. The molecule has 0 aromatic rings. The van der Waals surface area contributed by atoms with Gasteiger partial charge in [0.05, 0.1) is 11.7 Å². The first kappa shape index (κ1) is 9.23. The SMILES string of the molecule is CB1O[C@@H]2C[C@@H]3C[C@@H](C3(C)C)C2(C)O1. The van der Waals surface area contributed by atoms with Crippen molar-refractivity contribution in [2.75, 3.05) is 0 Å². The molecule has 1 unspecified atom stereocenters. The van der Waals surface area contributed by atoms with Crippen LogP contribution in [-0.4, -0.2) is 18.8 Å². The van der Waals surface area contributed by atoms with Crippen molar-refractivity contribution in [2.24, 2.45) is 17.3 Å². The van der Waals surface area contributed by atoms with E-state index in [1.807, 2.05) is 6.82 Å². The third kappa shape index (κ3) is 0.861. The summed E-state index contributed by atoms with van der Waals surface area (Å²) in [4.78, 5) is 0. The van der Waals surface area contributed by atoms with Crippen molar-refractivity contribution in [3.63, 3.8) is 0 Å². The van der Waals surface area contributed by atoms with E-state index in [0.29, 0.717) is 17.4 Å². The van der Waals surface area contributed by atoms with E-state index in [1.165, 1.54) is 12.8 Å². The quantitative estimate of drug-likeness (QED) is 0.551. The zero-order chi connectivity index (χ0) is 10.1. The lowest BCUT2D eigenvalue weighted by atomic mass is 9.43. The van der Waals surface area contributed by atoms with E-state index in [9.17, 15) is 0 Å². The van der Waals surface area contributed by atoms with Crippen LogP contribution < -0.4 is 0 Å². The van der Waals surface area contributed by atoms with Gasteiger partial charge in [-0.05, 0) is 43.8 Å². The van der Waals surface area contributed by atoms with Crippen LogP contribution in [-0.2, 0) is 9.31 Å². The molecule has 4 aliphatic rings. The van der Waals surface area contributed by atoms with Gasteiger partial charge >= 0.3 is 7.12 Å². The molecule has 1 heterocycles. The normalized spacial score (nSPS) is 54.0. The second-order valence-corrected chi connectivity index (χ2v) is 6.04. The maximum Gasteiger partial charge on any atom is 0.454 e. The molecule has 3 saturated carbocycles. The first-order chi connectivity index (χ1) is 6.44. The van der Waals surface area contributed by atoms with Crippen molar-refractivity contribution in [1.82, 2.24) is 0 Å². The van der Waals surface area contributed by atoms with Crippen LogP contribution in [0.2, 0.25) is 6.82 Å². The van der Waals surface area contributed by atoms with Crippen LogP contribution in [0.3, 0.4) is 0 Å². The largest absolute Gasteiger partial charge is 0.454 e. The number of hydrogen-bond donors (Lipinski definition) is 0. The van der Waals surface area contributed by atoms with Gasteiger partial charge in [-0.3, -0.25) is 0 Å². The molecule has 4 rings (SSSR count). The van der Waals surface area contributed by atoms with Gasteiger partial charge in [0.2, 0.25) is 0 Å². The zero-order valence-electron chi connectivity index (χ0n) is 9.54. The van der Waals surface area contributed by atoms with E-state index in [2.05, 4.69) is 20.8 Å². The molecule has 0 aromatic carbocycles. The fraction of sp³-hybridized carbons (Fsp3) is 1.00. The Morgan fingerprint density at radius 2 is 1.93 bits per heavy atom. The van der Waals surface area contributed by atoms with Gasteiger partial charge in [-0.1, -0.05) is 13.8 Å².